The molecule has 3 N–H and O–H groups in total. The van der Waals surface area contributed by atoms with Gasteiger partial charge in [0, 0.05) is 18.2 Å². The van der Waals surface area contributed by atoms with E-state index >= 15 is 0 Å². The van der Waals surface area contributed by atoms with Crippen LogP contribution in [0.1, 0.15) is 34.7 Å². The number of carbonyl (C=O) groups excluding carboxylic acids is 1. The number of sulfone groups is 1. The van der Waals surface area contributed by atoms with Crippen LogP contribution in [-0.4, -0.2) is 36.3 Å². The van der Waals surface area contributed by atoms with E-state index in [0.717, 1.165) is 16.3 Å². The molecule has 1 atom stereocenters. The van der Waals surface area contributed by atoms with Crippen molar-refractivity contribution >= 4 is 38.2 Å². The molecule has 0 fully saturated rings. The summed E-state index contributed by atoms with van der Waals surface area (Å²) in [5.41, 5.74) is 0.770. The molecule has 0 bridgehead atoms. The third-order valence-corrected chi connectivity index (χ3v) is 8.85. The molecule has 5 aromatic carbocycles. The standard InChI is InChI=1S/C34H29NO7S/c36-32-22-27(12-17-31(32)34(38)39)35-33(37)21-26(25-11-10-23-6-4-5-7-24(23)20-25)18-19-43(40,41)30-15-13-29(14-16-30)42-28-8-2-1-3-9-28/h1-17,20,22,26,36H,18-19,21H2,(H,35,37)(H,38,39). The molecule has 5 aromatic rings. The Balaban J connectivity index is 1.33. The van der Waals surface area contributed by atoms with Crippen LogP contribution < -0.4 is 10.1 Å². The number of benzene rings is 5. The van der Waals surface area contributed by atoms with Gasteiger partial charge in [0.05, 0.1) is 10.6 Å². The van der Waals surface area contributed by atoms with Crippen LogP contribution in [0.2, 0.25) is 0 Å². The number of carboxylic acid groups (broad SMARTS) is 1. The lowest BCUT2D eigenvalue weighted by atomic mass is 9.91. The van der Waals surface area contributed by atoms with E-state index in [0.29, 0.717) is 11.5 Å². The average molecular weight is 596 g/mol. The van der Waals surface area contributed by atoms with E-state index in [1.54, 1.807) is 12.1 Å². The number of phenols is 1. The molecule has 1 unspecified atom stereocenters. The van der Waals surface area contributed by atoms with E-state index < -0.39 is 33.4 Å². The molecule has 0 radical (unpaired) electrons. The second kappa shape index (κ2) is 12.8. The van der Waals surface area contributed by atoms with E-state index in [4.69, 9.17) is 9.84 Å². The highest BCUT2D eigenvalue weighted by atomic mass is 32.2. The predicted octanol–water partition coefficient (Wildman–Crippen LogP) is 7.01. The molecule has 0 heterocycles. The third-order valence-electron chi connectivity index (χ3n) is 7.09. The Labute approximate surface area is 249 Å². The van der Waals surface area contributed by atoms with Crippen LogP contribution in [-0.2, 0) is 14.6 Å². The van der Waals surface area contributed by atoms with Crippen molar-refractivity contribution in [1.29, 1.82) is 0 Å². The Kier molecular flexibility index (Phi) is 8.73. The van der Waals surface area contributed by atoms with Gasteiger partial charge in [-0.15, -0.1) is 0 Å². The van der Waals surface area contributed by atoms with Gasteiger partial charge >= 0.3 is 5.97 Å². The number of carbonyl (C=O) groups is 2. The Hall–Kier alpha value is -5.15. The van der Waals surface area contributed by atoms with Crippen LogP contribution in [0, 0.1) is 0 Å². The number of para-hydroxylation sites is 1. The Morgan fingerprint density at radius 1 is 0.767 bits per heavy atom. The lowest BCUT2D eigenvalue weighted by Crippen LogP contribution is -2.18. The van der Waals surface area contributed by atoms with Crippen molar-refractivity contribution in [3.8, 4) is 17.2 Å². The van der Waals surface area contributed by atoms with Gasteiger partial charge in [-0.1, -0.05) is 60.7 Å². The Morgan fingerprint density at radius 2 is 1.44 bits per heavy atom. The number of hydrogen-bond acceptors (Lipinski definition) is 6. The van der Waals surface area contributed by atoms with Gasteiger partial charge in [0.2, 0.25) is 5.91 Å². The first-order valence-electron chi connectivity index (χ1n) is 13.6. The van der Waals surface area contributed by atoms with E-state index in [1.807, 2.05) is 72.8 Å². The topological polar surface area (TPSA) is 130 Å². The number of anilines is 1. The second-order valence-corrected chi connectivity index (χ2v) is 12.2. The van der Waals surface area contributed by atoms with Gasteiger partial charge in [-0.3, -0.25) is 4.79 Å². The summed E-state index contributed by atoms with van der Waals surface area (Å²) in [6, 6.07) is 32.8. The van der Waals surface area contributed by atoms with Gasteiger partial charge < -0.3 is 20.3 Å². The van der Waals surface area contributed by atoms with Crippen molar-refractivity contribution in [2.75, 3.05) is 11.1 Å². The molecule has 0 aromatic heterocycles. The van der Waals surface area contributed by atoms with Gasteiger partial charge in [-0.25, -0.2) is 13.2 Å². The minimum atomic E-state index is -3.68. The summed E-state index contributed by atoms with van der Waals surface area (Å²) < 4.78 is 32.4. The Bertz CT molecular complexity index is 1870. The fourth-order valence-corrected chi connectivity index (χ4v) is 6.21. The van der Waals surface area contributed by atoms with E-state index in [9.17, 15) is 23.1 Å². The molecule has 1 amide bonds. The van der Waals surface area contributed by atoms with Crippen LogP contribution in [0.4, 0.5) is 5.69 Å². The summed E-state index contributed by atoms with van der Waals surface area (Å²) in [6.45, 7) is 0. The maximum absolute atomic E-state index is 13.3. The van der Waals surface area contributed by atoms with Gasteiger partial charge in [0.1, 0.15) is 22.8 Å². The number of fused-ring (bicyclic) bond motifs is 1. The first-order valence-corrected chi connectivity index (χ1v) is 15.2. The highest BCUT2D eigenvalue weighted by Crippen LogP contribution is 2.30. The van der Waals surface area contributed by atoms with Crippen LogP contribution in [0.15, 0.2) is 120 Å². The molecule has 0 spiro atoms. The van der Waals surface area contributed by atoms with Gasteiger partial charge in [-0.05, 0) is 77.2 Å². The van der Waals surface area contributed by atoms with E-state index in [-0.39, 0.29) is 34.7 Å². The third kappa shape index (κ3) is 7.38. The van der Waals surface area contributed by atoms with Gasteiger partial charge in [0.25, 0.3) is 0 Å². The molecule has 0 aliphatic heterocycles. The molecule has 0 aliphatic rings. The fourth-order valence-electron chi connectivity index (χ4n) is 4.83. The summed E-state index contributed by atoms with van der Waals surface area (Å²) in [5.74, 6) is -1.63. The average Bonchev–Trinajstić information content (AvgIpc) is 2.99. The first-order chi connectivity index (χ1) is 20.7. The number of hydrogen-bond donors (Lipinski definition) is 3. The van der Waals surface area contributed by atoms with Gasteiger partial charge in [0.15, 0.2) is 9.84 Å². The number of carboxylic acids is 1. The summed E-state index contributed by atoms with van der Waals surface area (Å²) in [5, 5.41) is 23.8. The zero-order valence-electron chi connectivity index (χ0n) is 23.0. The quantitative estimate of drug-likeness (QED) is 0.150. The highest BCUT2D eigenvalue weighted by molar-refractivity contribution is 7.91. The van der Waals surface area contributed by atoms with Crippen LogP contribution in [0.25, 0.3) is 10.8 Å². The monoisotopic (exact) mass is 595 g/mol. The largest absolute Gasteiger partial charge is 0.507 e. The summed E-state index contributed by atoms with van der Waals surface area (Å²) in [4.78, 5) is 24.5. The molecular weight excluding hydrogens is 566 g/mol. The minimum Gasteiger partial charge on any atom is -0.507 e. The van der Waals surface area contributed by atoms with Crippen molar-refractivity contribution in [3.05, 3.63) is 126 Å². The number of aromatic carboxylic acids is 1. The molecule has 9 heteroatoms. The van der Waals surface area contributed by atoms with E-state index in [1.165, 1.54) is 30.3 Å². The zero-order valence-corrected chi connectivity index (χ0v) is 23.8. The molecule has 43 heavy (non-hydrogen) atoms. The van der Waals surface area contributed by atoms with Crippen molar-refractivity contribution in [2.45, 2.75) is 23.7 Å². The molecular formula is C34H29NO7S. The van der Waals surface area contributed by atoms with Crippen molar-refractivity contribution in [1.82, 2.24) is 0 Å². The van der Waals surface area contributed by atoms with Crippen LogP contribution >= 0.6 is 0 Å². The fraction of sp³-hybridized carbons (Fsp3) is 0.118. The molecule has 218 valence electrons. The zero-order chi connectivity index (χ0) is 30.4. The molecule has 8 nitrogen and oxygen atoms in total. The van der Waals surface area contributed by atoms with Crippen molar-refractivity contribution in [2.24, 2.45) is 0 Å². The number of rotatable bonds is 11. The number of ether oxygens (including phenoxy) is 1. The summed E-state index contributed by atoms with van der Waals surface area (Å²) >= 11 is 0. The first kappa shape index (κ1) is 29.3. The minimum absolute atomic E-state index is 0.0286. The van der Waals surface area contributed by atoms with Crippen molar-refractivity contribution in [3.63, 3.8) is 0 Å². The maximum Gasteiger partial charge on any atom is 0.339 e. The smallest absolute Gasteiger partial charge is 0.339 e. The maximum atomic E-state index is 13.3. The van der Waals surface area contributed by atoms with Crippen molar-refractivity contribution < 1.29 is 33.0 Å². The number of aromatic hydroxyl groups is 1. The summed E-state index contributed by atoms with van der Waals surface area (Å²) in [7, 11) is -3.68. The SMILES string of the molecule is O=C(CC(CCS(=O)(=O)c1ccc(Oc2ccccc2)cc1)c1ccc2ccccc2c1)Nc1ccc(C(=O)O)c(O)c1. The highest BCUT2D eigenvalue weighted by Gasteiger charge is 2.22. The molecule has 0 saturated heterocycles. The molecule has 5 rings (SSSR count). The predicted molar refractivity (Wildman–Crippen MR) is 165 cm³/mol. The lowest BCUT2D eigenvalue weighted by Gasteiger charge is -2.18. The van der Waals surface area contributed by atoms with Crippen LogP contribution in [0.5, 0.6) is 17.2 Å². The van der Waals surface area contributed by atoms with Gasteiger partial charge in [-0.2, -0.15) is 0 Å². The lowest BCUT2D eigenvalue weighted by molar-refractivity contribution is -0.116. The molecule has 0 saturated carbocycles. The number of amides is 1. The van der Waals surface area contributed by atoms with Crippen LogP contribution in [0.3, 0.4) is 0 Å². The van der Waals surface area contributed by atoms with E-state index in [2.05, 4.69) is 5.32 Å². The second-order valence-electron chi connectivity index (χ2n) is 10.1. The normalized spacial score (nSPS) is 12.0. The summed E-state index contributed by atoms with van der Waals surface area (Å²) in [6.07, 6.45) is 0.152. The number of nitrogens with one attached hydrogen (secondary N) is 1. The molecule has 0 aliphatic carbocycles. The Morgan fingerprint density at radius 3 is 2.14 bits per heavy atom.